The quantitative estimate of drug-likeness (QED) is 0.191. The molecule has 9 heteroatoms. The van der Waals surface area contributed by atoms with Crippen LogP contribution in [-0.2, 0) is 25.4 Å². The van der Waals surface area contributed by atoms with Gasteiger partial charge in [0.05, 0.1) is 16.7 Å². The highest BCUT2D eigenvalue weighted by molar-refractivity contribution is 5.90. The van der Waals surface area contributed by atoms with Gasteiger partial charge in [-0.1, -0.05) is 61.5 Å². The van der Waals surface area contributed by atoms with Crippen LogP contribution in [0.25, 0.3) is 11.1 Å². The molecule has 1 unspecified atom stereocenters. The Bertz CT molecular complexity index is 1710. The van der Waals surface area contributed by atoms with E-state index in [-0.39, 0.29) is 12.3 Å². The van der Waals surface area contributed by atoms with Crippen LogP contribution in [0.1, 0.15) is 53.5 Å². The van der Waals surface area contributed by atoms with Crippen molar-refractivity contribution in [1.29, 1.82) is 0 Å². The minimum Gasteiger partial charge on any atom is -0.461 e. The summed E-state index contributed by atoms with van der Waals surface area (Å²) in [6.45, 7) is 5.57. The van der Waals surface area contributed by atoms with Crippen molar-refractivity contribution in [3.05, 3.63) is 126 Å². The molecule has 47 heavy (non-hydrogen) atoms. The Morgan fingerprint density at radius 2 is 1.43 bits per heavy atom. The van der Waals surface area contributed by atoms with Gasteiger partial charge in [-0.05, 0) is 85.5 Å². The number of hydrogen-bond donors (Lipinski definition) is 1. The van der Waals surface area contributed by atoms with E-state index in [2.05, 4.69) is 5.32 Å². The summed E-state index contributed by atoms with van der Waals surface area (Å²) in [7, 11) is 1.57. The molecule has 0 bridgehead atoms. The number of aryl methyl sites for hydroxylation is 1. The summed E-state index contributed by atoms with van der Waals surface area (Å²) >= 11 is 0. The van der Waals surface area contributed by atoms with Crippen LogP contribution in [0.4, 0.5) is 4.39 Å². The summed E-state index contributed by atoms with van der Waals surface area (Å²) in [6.07, 6.45) is -2.66. The molecule has 0 saturated carbocycles. The lowest BCUT2D eigenvalue weighted by Crippen LogP contribution is -2.62. The molecule has 1 N–H and O–H groups in total. The van der Waals surface area contributed by atoms with E-state index in [1.807, 2.05) is 26.8 Å². The van der Waals surface area contributed by atoms with Gasteiger partial charge in [-0.15, -0.1) is 0 Å². The van der Waals surface area contributed by atoms with Crippen molar-refractivity contribution in [3.63, 3.8) is 0 Å². The second-order valence-electron chi connectivity index (χ2n) is 12.0. The Balaban J connectivity index is 1.52. The Labute approximate surface area is 273 Å². The van der Waals surface area contributed by atoms with E-state index < -0.39 is 47.8 Å². The molecule has 0 radical (unpaired) electrons. The first-order chi connectivity index (χ1) is 22.6. The molecule has 1 heterocycles. The number of ether oxygens (including phenoxy) is 4. The summed E-state index contributed by atoms with van der Waals surface area (Å²) in [5.41, 5.74) is 1.86. The SMILES string of the molecule is CNC(=O)CCc1ccc(OC2OC(C)(C)[C@H](C)[C@@H](OC(=O)c3ccccc3)[C@H]2OC(=O)c2ccccc2)cc1-c1cccc(F)c1. The highest BCUT2D eigenvalue weighted by Gasteiger charge is 2.53. The Morgan fingerprint density at radius 1 is 0.809 bits per heavy atom. The van der Waals surface area contributed by atoms with Crippen molar-refractivity contribution in [3.8, 4) is 16.9 Å². The number of hydrogen-bond acceptors (Lipinski definition) is 7. The van der Waals surface area contributed by atoms with Gasteiger partial charge in [-0.25, -0.2) is 14.0 Å². The lowest BCUT2D eigenvalue weighted by Gasteiger charge is -2.48. The molecule has 5 rings (SSSR count). The van der Waals surface area contributed by atoms with E-state index in [0.717, 1.165) is 5.56 Å². The van der Waals surface area contributed by atoms with E-state index in [1.165, 1.54) is 12.1 Å². The molecular weight excluding hydrogens is 601 g/mol. The molecule has 4 aromatic rings. The van der Waals surface area contributed by atoms with Gasteiger partial charge in [0.25, 0.3) is 0 Å². The molecule has 4 atom stereocenters. The Kier molecular flexibility index (Phi) is 10.4. The number of rotatable bonds is 10. The molecular formula is C38H38FNO7. The number of halogens is 1. The zero-order chi connectivity index (χ0) is 33.6. The summed E-state index contributed by atoms with van der Waals surface area (Å²) in [5, 5.41) is 2.62. The van der Waals surface area contributed by atoms with E-state index in [4.69, 9.17) is 18.9 Å². The van der Waals surface area contributed by atoms with Gasteiger partial charge in [0.1, 0.15) is 11.6 Å². The van der Waals surface area contributed by atoms with E-state index in [9.17, 15) is 18.8 Å². The molecule has 1 fully saturated rings. The lowest BCUT2D eigenvalue weighted by atomic mass is 9.82. The zero-order valence-electron chi connectivity index (χ0n) is 26.8. The van der Waals surface area contributed by atoms with Crippen molar-refractivity contribution < 1.29 is 37.7 Å². The van der Waals surface area contributed by atoms with E-state index >= 15 is 0 Å². The number of benzene rings is 4. The minimum absolute atomic E-state index is 0.123. The van der Waals surface area contributed by atoms with Crippen LogP contribution in [-0.4, -0.2) is 49.0 Å². The Hall–Kier alpha value is -5.02. The molecule has 0 aliphatic carbocycles. The van der Waals surface area contributed by atoms with Crippen molar-refractivity contribution in [2.45, 2.75) is 57.7 Å². The van der Waals surface area contributed by atoms with Crippen LogP contribution in [0.5, 0.6) is 5.75 Å². The number of carbonyl (C=O) groups is 3. The van der Waals surface area contributed by atoms with Crippen LogP contribution in [0.15, 0.2) is 103 Å². The molecule has 1 aliphatic rings. The summed E-state index contributed by atoms with van der Waals surface area (Å²) in [4.78, 5) is 38.8. The molecule has 1 aliphatic heterocycles. The van der Waals surface area contributed by atoms with Crippen molar-refractivity contribution in [2.24, 2.45) is 5.92 Å². The maximum atomic E-state index is 14.3. The van der Waals surface area contributed by atoms with Crippen LogP contribution in [0, 0.1) is 11.7 Å². The molecule has 1 saturated heterocycles. The number of nitrogens with one attached hydrogen (secondary N) is 1. The first-order valence-corrected chi connectivity index (χ1v) is 15.5. The van der Waals surface area contributed by atoms with Gasteiger partial charge < -0.3 is 24.3 Å². The fraction of sp³-hybridized carbons (Fsp3) is 0.289. The predicted molar refractivity (Wildman–Crippen MR) is 174 cm³/mol. The maximum absolute atomic E-state index is 14.3. The number of esters is 2. The van der Waals surface area contributed by atoms with Crippen LogP contribution >= 0.6 is 0 Å². The van der Waals surface area contributed by atoms with Gasteiger partial charge in [-0.2, -0.15) is 0 Å². The molecule has 1 amide bonds. The predicted octanol–water partition coefficient (Wildman–Crippen LogP) is 6.77. The van der Waals surface area contributed by atoms with Crippen molar-refractivity contribution in [1.82, 2.24) is 5.32 Å². The van der Waals surface area contributed by atoms with Gasteiger partial charge in [0, 0.05) is 19.4 Å². The summed E-state index contributed by atoms with van der Waals surface area (Å²) in [5.74, 6) is -1.82. The molecule has 4 aromatic carbocycles. The second kappa shape index (κ2) is 14.6. The third-order valence-electron chi connectivity index (χ3n) is 8.48. The highest BCUT2D eigenvalue weighted by Crippen LogP contribution is 2.39. The average Bonchev–Trinajstić information content (AvgIpc) is 3.08. The monoisotopic (exact) mass is 639 g/mol. The summed E-state index contributed by atoms with van der Waals surface area (Å²) in [6, 6.07) is 28.5. The minimum atomic E-state index is -1.19. The van der Waals surface area contributed by atoms with E-state index in [0.29, 0.717) is 34.4 Å². The third-order valence-corrected chi connectivity index (χ3v) is 8.48. The summed E-state index contributed by atoms with van der Waals surface area (Å²) < 4.78 is 39.3. The molecule has 0 aromatic heterocycles. The maximum Gasteiger partial charge on any atom is 0.338 e. The van der Waals surface area contributed by atoms with Gasteiger partial charge in [0.15, 0.2) is 6.10 Å². The average molecular weight is 640 g/mol. The highest BCUT2D eigenvalue weighted by atomic mass is 19.1. The zero-order valence-corrected chi connectivity index (χ0v) is 26.8. The first kappa shape index (κ1) is 33.3. The van der Waals surface area contributed by atoms with Crippen LogP contribution < -0.4 is 10.1 Å². The fourth-order valence-corrected chi connectivity index (χ4v) is 5.50. The number of carbonyl (C=O) groups excluding carboxylic acids is 3. The molecule has 8 nitrogen and oxygen atoms in total. The standard InChI is InChI=1S/C38H38FNO7/c1-24-33(45-35(42)26-12-7-5-8-13-26)34(46-36(43)27-14-9-6-10-15-27)37(47-38(24,2)3)44-30-20-18-25(19-21-32(41)40-4)31(23-30)28-16-11-17-29(39)22-28/h5-18,20,22-24,33-34,37H,19,21H2,1-4H3,(H,40,41)/t24-,33-,34-,37?/m1/s1. The van der Waals surface area contributed by atoms with Crippen molar-refractivity contribution in [2.75, 3.05) is 7.05 Å². The fourth-order valence-electron chi connectivity index (χ4n) is 5.50. The second-order valence-corrected chi connectivity index (χ2v) is 12.0. The normalized spacial score (nSPS) is 20.1. The Morgan fingerprint density at radius 3 is 2.02 bits per heavy atom. The smallest absolute Gasteiger partial charge is 0.338 e. The largest absolute Gasteiger partial charge is 0.461 e. The van der Waals surface area contributed by atoms with Gasteiger partial charge in [0.2, 0.25) is 18.3 Å². The van der Waals surface area contributed by atoms with Gasteiger partial charge >= 0.3 is 11.9 Å². The first-order valence-electron chi connectivity index (χ1n) is 15.5. The third kappa shape index (κ3) is 8.04. The molecule has 0 spiro atoms. The van der Waals surface area contributed by atoms with Crippen LogP contribution in [0.2, 0.25) is 0 Å². The van der Waals surface area contributed by atoms with Crippen molar-refractivity contribution >= 4 is 17.8 Å². The van der Waals surface area contributed by atoms with Gasteiger partial charge in [-0.3, -0.25) is 4.79 Å². The topological polar surface area (TPSA) is 100 Å². The number of amides is 1. The van der Waals surface area contributed by atoms with E-state index in [1.54, 1.807) is 92.0 Å². The molecule has 244 valence electrons. The van der Waals surface area contributed by atoms with Crippen LogP contribution in [0.3, 0.4) is 0 Å². The lowest BCUT2D eigenvalue weighted by molar-refractivity contribution is -0.283.